The molecule has 0 aliphatic heterocycles. The molecule has 0 aromatic heterocycles. The Morgan fingerprint density at radius 1 is 1.40 bits per heavy atom. The largest absolute Gasteiger partial charge is 0.388 e. The number of carbonyl (C=O) groups is 1. The lowest BCUT2D eigenvalue weighted by Gasteiger charge is -2.28. The first-order valence-corrected chi connectivity index (χ1v) is 7.34. The first-order valence-electron chi connectivity index (χ1n) is 6.97. The normalized spacial score (nSPS) is 15.8. The molecule has 1 aromatic rings. The van der Waals surface area contributed by atoms with Crippen LogP contribution in [0.15, 0.2) is 24.3 Å². The van der Waals surface area contributed by atoms with Gasteiger partial charge < -0.3 is 10.4 Å². The molecule has 112 valence electrons. The van der Waals surface area contributed by atoms with Gasteiger partial charge in [-0.25, -0.2) is 0 Å². The average molecular weight is 298 g/mol. The van der Waals surface area contributed by atoms with Gasteiger partial charge in [0.05, 0.1) is 5.60 Å². The molecule has 20 heavy (non-hydrogen) atoms. The first kappa shape index (κ1) is 17.0. The lowest BCUT2D eigenvalue weighted by molar-refractivity contribution is -0.126. The van der Waals surface area contributed by atoms with E-state index in [4.69, 9.17) is 11.6 Å². The van der Waals surface area contributed by atoms with Gasteiger partial charge in [0.25, 0.3) is 0 Å². The number of amides is 1. The highest BCUT2D eigenvalue weighted by Gasteiger charge is 2.26. The first-order chi connectivity index (χ1) is 9.22. The maximum Gasteiger partial charge on any atom is 0.223 e. The summed E-state index contributed by atoms with van der Waals surface area (Å²) in [5, 5.41) is 13.6. The molecule has 2 N–H and O–H groups in total. The molecular weight excluding hydrogens is 274 g/mol. The zero-order valence-corrected chi connectivity index (χ0v) is 13.4. The molecule has 0 aliphatic carbocycles. The van der Waals surface area contributed by atoms with Gasteiger partial charge in [0.2, 0.25) is 5.91 Å². The number of halogens is 1. The third-order valence-corrected chi connectivity index (χ3v) is 3.98. The molecule has 1 amide bonds. The van der Waals surface area contributed by atoms with Crippen molar-refractivity contribution in [1.82, 2.24) is 5.32 Å². The Balaban J connectivity index is 2.52. The fraction of sp³-hybridized carbons (Fsp3) is 0.562. The van der Waals surface area contributed by atoms with Crippen molar-refractivity contribution in [2.24, 2.45) is 11.8 Å². The number of nitrogens with one attached hydrogen (secondary N) is 1. The van der Waals surface area contributed by atoms with Gasteiger partial charge in [-0.15, -0.1) is 0 Å². The van der Waals surface area contributed by atoms with Gasteiger partial charge in [0.15, 0.2) is 0 Å². The summed E-state index contributed by atoms with van der Waals surface area (Å²) in [4.78, 5) is 12.0. The molecule has 2 atom stereocenters. The summed E-state index contributed by atoms with van der Waals surface area (Å²) >= 11 is 5.93. The molecule has 0 aliphatic rings. The van der Waals surface area contributed by atoms with Crippen molar-refractivity contribution in [2.45, 2.75) is 39.7 Å². The second kappa shape index (κ2) is 7.09. The van der Waals surface area contributed by atoms with Crippen LogP contribution in [0.3, 0.4) is 0 Å². The van der Waals surface area contributed by atoms with Crippen molar-refractivity contribution in [3.63, 3.8) is 0 Å². The maximum atomic E-state index is 12.0. The Bertz CT molecular complexity index is 458. The van der Waals surface area contributed by atoms with Crippen LogP contribution in [0.2, 0.25) is 5.02 Å². The number of aliphatic hydroxyl groups is 1. The second-order valence-electron chi connectivity index (χ2n) is 5.96. The van der Waals surface area contributed by atoms with Gasteiger partial charge in [0, 0.05) is 17.5 Å². The molecule has 0 saturated carbocycles. The molecular formula is C16H24ClNO2. The topological polar surface area (TPSA) is 49.3 Å². The molecule has 0 bridgehead atoms. The van der Waals surface area contributed by atoms with Crippen LogP contribution in [0.4, 0.5) is 0 Å². The molecule has 0 radical (unpaired) electrons. The van der Waals surface area contributed by atoms with Gasteiger partial charge in [-0.1, -0.05) is 44.5 Å². The molecule has 0 heterocycles. The highest BCUT2D eigenvalue weighted by atomic mass is 35.5. The van der Waals surface area contributed by atoms with Gasteiger partial charge in [-0.3, -0.25) is 4.79 Å². The fourth-order valence-electron chi connectivity index (χ4n) is 1.75. The SMILES string of the molecule is CC(Cc1cccc(Cl)c1)C(=O)NCC(C)(O)C(C)C. The zero-order valence-electron chi connectivity index (χ0n) is 12.6. The van der Waals surface area contributed by atoms with Crippen LogP contribution in [0.25, 0.3) is 0 Å². The van der Waals surface area contributed by atoms with Crippen LogP contribution in [0.1, 0.15) is 33.3 Å². The van der Waals surface area contributed by atoms with E-state index in [2.05, 4.69) is 5.32 Å². The van der Waals surface area contributed by atoms with Crippen molar-refractivity contribution in [3.05, 3.63) is 34.9 Å². The quantitative estimate of drug-likeness (QED) is 0.848. The van der Waals surface area contributed by atoms with E-state index in [0.717, 1.165) is 5.56 Å². The van der Waals surface area contributed by atoms with Crippen LogP contribution in [0, 0.1) is 11.8 Å². The summed E-state index contributed by atoms with van der Waals surface area (Å²) < 4.78 is 0. The lowest BCUT2D eigenvalue weighted by Crippen LogP contribution is -2.45. The Labute approximate surface area is 126 Å². The number of rotatable bonds is 6. The molecule has 0 spiro atoms. The second-order valence-corrected chi connectivity index (χ2v) is 6.40. The molecule has 3 nitrogen and oxygen atoms in total. The van der Waals surface area contributed by atoms with Crippen LogP contribution in [0.5, 0.6) is 0 Å². The molecule has 0 saturated heterocycles. The highest BCUT2D eigenvalue weighted by molar-refractivity contribution is 6.30. The van der Waals surface area contributed by atoms with E-state index in [-0.39, 0.29) is 24.3 Å². The lowest BCUT2D eigenvalue weighted by atomic mass is 9.92. The number of carbonyl (C=O) groups excluding carboxylic acids is 1. The Morgan fingerprint density at radius 2 is 2.05 bits per heavy atom. The van der Waals surface area contributed by atoms with Crippen LogP contribution in [-0.2, 0) is 11.2 Å². The van der Waals surface area contributed by atoms with Crippen molar-refractivity contribution < 1.29 is 9.90 Å². The summed E-state index contributed by atoms with van der Waals surface area (Å²) in [7, 11) is 0. The smallest absolute Gasteiger partial charge is 0.223 e. The third kappa shape index (κ3) is 5.14. The molecule has 4 heteroatoms. The van der Waals surface area contributed by atoms with Crippen molar-refractivity contribution in [2.75, 3.05) is 6.54 Å². The van der Waals surface area contributed by atoms with Gasteiger partial charge in [-0.2, -0.15) is 0 Å². The number of benzene rings is 1. The van der Waals surface area contributed by atoms with Crippen molar-refractivity contribution in [1.29, 1.82) is 0 Å². The van der Waals surface area contributed by atoms with E-state index in [1.807, 2.05) is 45.0 Å². The molecule has 2 unspecified atom stereocenters. The van der Waals surface area contributed by atoms with Crippen LogP contribution in [-0.4, -0.2) is 23.2 Å². The van der Waals surface area contributed by atoms with E-state index >= 15 is 0 Å². The summed E-state index contributed by atoms with van der Waals surface area (Å²) in [5.74, 6) is -0.117. The predicted octanol–water partition coefficient (Wildman–Crippen LogP) is 3.04. The number of hydrogen-bond donors (Lipinski definition) is 2. The Hall–Kier alpha value is -1.06. The zero-order chi connectivity index (χ0) is 15.3. The van der Waals surface area contributed by atoms with E-state index in [0.29, 0.717) is 11.4 Å². The third-order valence-electron chi connectivity index (χ3n) is 3.74. The monoisotopic (exact) mass is 297 g/mol. The predicted molar refractivity (Wildman–Crippen MR) is 82.8 cm³/mol. The minimum absolute atomic E-state index is 0.0501. The molecule has 1 rings (SSSR count). The van der Waals surface area contributed by atoms with Crippen molar-refractivity contribution >= 4 is 17.5 Å². The van der Waals surface area contributed by atoms with Crippen LogP contribution >= 0.6 is 11.6 Å². The Morgan fingerprint density at radius 3 is 2.60 bits per heavy atom. The maximum absolute atomic E-state index is 12.0. The standard InChI is InChI=1S/C16H24ClNO2/c1-11(2)16(4,20)10-18-15(19)12(3)8-13-6-5-7-14(17)9-13/h5-7,9,11-12,20H,8,10H2,1-4H3,(H,18,19). The minimum atomic E-state index is -0.883. The minimum Gasteiger partial charge on any atom is -0.388 e. The summed E-state index contributed by atoms with van der Waals surface area (Å²) in [6.45, 7) is 7.74. The van der Waals surface area contributed by atoms with E-state index in [1.54, 1.807) is 6.92 Å². The Kier molecular flexibility index (Phi) is 6.03. The molecule has 1 aromatic carbocycles. The van der Waals surface area contributed by atoms with Crippen LogP contribution < -0.4 is 5.32 Å². The van der Waals surface area contributed by atoms with E-state index < -0.39 is 5.60 Å². The summed E-state index contributed by atoms with van der Waals surface area (Å²) in [6.07, 6.45) is 0.635. The summed E-state index contributed by atoms with van der Waals surface area (Å²) in [6, 6.07) is 7.52. The molecule has 0 fully saturated rings. The average Bonchev–Trinajstić information content (AvgIpc) is 2.35. The highest BCUT2D eigenvalue weighted by Crippen LogP contribution is 2.16. The van der Waals surface area contributed by atoms with Gasteiger partial charge in [-0.05, 0) is 37.0 Å². The van der Waals surface area contributed by atoms with Gasteiger partial charge in [0.1, 0.15) is 0 Å². The van der Waals surface area contributed by atoms with Crippen molar-refractivity contribution in [3.8, 4) is 0 Å². The number of hydrogen-bond acceptors (Lipinski definition) is 2. The summed E-state index contributed by atoms with van der Waals surface area (Å²) in [5.41, 5.74) is 0.154. The van der Waals surface area contributed by atoms with E-state index in [9.17, 15) is 9.90 Å². The van der Waals surface area contributed by atoms with E-state index in [1.165, 1.54) is 0 Å². The van der Waals surface area contributed by atoms with Gasteiger partial charge >= 0.3 is 0 Å². The fourth-order valence-corrected chi connectivity index (χ4v) is 1.97.